The minimum atomic E-state index is -0.330. The van der Waals surface area contributed by atoms with Gasteiger partial charge in [-0.15, -0.1) is 0 Å². The average molecular weight is 253 g/mol. The molecule has 0 heterocycles. The maximum atomic E-state index is 11.1. The molecule has 3 nitrogen and oxygen atoms in total. The lowest BCUT2D eigenvalue weighted by Gasteiger charge is -2.04. The van der Waals surface area contributed by atoms with E-state index in [-0.39, 0.29) is 10.6 Å². The molecule has 0 N–H and O–H groups in total. The van der Waals surface area contributed by atoms with Crippen molar-refractivity contribution in [1.82, 2.24) is 0 Å². The fraction of sp³-hybridized carbons (Fsp3) is 0.125. The molecule has 0 aromatic heterocycles. The van der Waals surface area contributed by atoms with Crippen LogP contribution in [0, 0.1) is 10.1 Å². The van der Waals surface area contributed by atoms with Crippen molar-refractivity contribution in [3.05, 3.63) is 75.3 Å². The van der Waals surface area contributed by atoms with E-state index in [9.17, 15) is 10.1 Å². The smallest absolute Gasteiger partial charge is 0.258 e. The molecule has 0 fully saturated rings. The van der Waals surface area contributed by atoms with E-state index in [1.165, 1.54) is 0 Å². The highest BCUT2D eigenvalue weighted by Crippen LogP contribution is 2.25. The van der Waals surface area contributed by atoms with Gasteiger partial charge in [0.25, 0.3) is 5.69 Å². The predicted octanol–water partition coefficient (Wildman–Crippen LogP) is 4.33. The van der Waals surface area contributed by atoms with Gasteiger partial charge in [0, 0.05) is 6.07 Å². The third kappa shape index (κ3) is 3.07. The Morgan fingerprint density at radius 3 is 2.42 bits per heavy atom. The van der Waals surface area contributed by atoms with Gasteiger partial charge in [-0.3, -0.25) is 10.1 Å². The monoisotopic (exact) mass is 253 g/mol. The van der Waals surface area contributed by atoms with E-state index < -0.39 is 0 Å². The molecule has 0 bridgehead atoms. The van der Waals surface area contributed by atoms with Crippen molar-refractivity contribution < 1.29 is 4.92 Å². The number of benzene rings is 2. The van der Waals surface area contributed by atoms with Crippen LogP contribution in [-0.4, -0.2) is 4.92 Å². The maximum absolute atomic E-state index is 11.1. The standard InChI is InChI=1S/C16H15NO2/c1-2-14-9-6-10-16(17(18)19)15(14)12-11-13-7-4-3-5-8-13/h3-12H,2H2,1H3. The second-order valence-corrected chi connectivity index (χ2v) is 4.20. The number of nitro groups is 1. The summed E-state index contributed by atoms with van der Waals surface area (Å²) in [5.74, 6) is 0. The van der Waals surface area contributed by atoms with Gasteiger partial charge in [-0.2, -0.15) is 0 Å². The summed E-state index contributed by atoms with van der Waals surface area (Å²) < 4.78 is 0. The Labute approximate surface area is 112 Å². The van der Waals surface area contributed by atoms with Crippen molar-refractivity contribution in [2.75, 3.05) is 0 Å². The highest BCUT2D eigenvalue weighted by Gasteiger charge is 2.13. The maximum Gasteiger partial charge on any atom is 0.276 e. The molecule has 2 aromatic carbocycles. The van der Waals surface area contributed by atoms with Crippen molar-refractivity contribution in [3.8, 4) is 0 Å². The number of nitrogens with zero attached hydrogens (tertiary/aromatic N) is 1. The van der Waals surface area contributed by atoms with Crippen molar-refractivity contribution in [1.29, 1.82) is 0 Å². The summed E-state index contributed by atoms with van der Waals surface area (Å²) in [6, 6.07) is 15.0. The zero-order valence-electron chi connectivity index (χ0n) is 10.7. The van der Waals surface area contributed by atoms with Crippen LogP contribution < -0.4 is 0 Å². The van der Waals surface area contributed by atoms with Gasteiger partial charge in [0.1, 0.15) is 0 Å². The molecule has 19 heavy (non-hydrogen) atoms. The summed E-state index contributed by atoms with van der Waals surface area (Å²) >= 11 is 0. The third-order valence-corrected chi connectivity index (χ3v) is 2.99. The lowest BCUT2D eigenvalue weighted by atomic mass is 10.0. The van der Waals surface area contributed by atoms with E-state index in [1.807, 2.05) is 55.5 Å². The van der Waals surface area contributed by atoms with Gasteiger partial charge in [0.2, 0.25) is 0 Å². The number of hydrogen-bond acceptors (Lipinski definition) is 2. The molecule has 2 aromatic rings. The lowest BCUT2D eigenvalue weighted by molar-refractivity contribution is -0.385. The van der Waals surface area contributed by atoms with E-state index in [4.69, 9.17) is 0 Å². The van der Waals surface area contributed by atoms with E-state index in [1.54, 1.807) is 12.1 Å². The lowest BCUT2D eigenvalue weighted by Crippen LogP contribution is -1.95. The molecule has 0 radical (unpaired) electrons. The molecule has 0 aliphatic heterocycles. The Bertz CT molecular complexity index is 603. The van der Waals surface area contributed by atoms with Crippen molar-refractivity contribution >= 4 is 17.8 Å². The van der Waals surface area contributed by atoms with Crippen molar-refractivity contribution in [3.63, 3.8) is 0 Å². The Hall–Kier alpha value is -2.42. The molecule has 2 rings (SSSR count). The van der Waals surface area contributed by atoms with Crippen LogP contribution in [0.2, 0.25) is 0 Å². The van der Waals surface area contributed by atoms with Crippen LogP contribution in [0.4, 0.5) is 5.69 Å². The van der Waals surface area contributed by atoms with Crippen LogP contribution in [0.15, 0.2) is 48.5 Å². The van der Waals surface area contributed by atoms with Gasteiger partial charge in [-0.05, 0) is 23.6 Å². The molecule has 0 saturated carbocycles. The van der Waals surface area contributed by atoms with Crippen LogP contribution in [0.1, 0.15) is 23.6 Å². The van der Waals surface area contributed by atoms with Crippen LogP contribution in [0.3, 0.4) is 0 Å². The second kappa shape index (κ2) is 5.96. The molecule has 96 valence electrons. The average Bonchev–Trinajstić information content (AvgIpc) is 2.45. The van der Waals surface area contributed by atoms with Gasteiger partial charge >= 0.3 is 0 Å². The van der Waals surface area contributed by atoms with Gasteiger partial charge in [0.05, 0.1) is 10.5 Å². The topological polar surface area (TPSA) is 43.1 Å². The van der Waals surface area contributed by atoms with Crippen LogP contribution in [-0.2, 0) is 6.42 Å². The summed E-state index contributed by atoms with van der Waals surface area (Å²) in [5, 5.41) is 11.1. The minimum absolute atomic E-state index is 0.159. The van der Waals surface area contributed by atoms with Gasteiger partial charge in [-0.1, -0.05) is 55.5 Å². The van der Waals surface area contributed by atoms with Crippen LogP contribution >= 0.6 is 0 Å². The van der Waals surface area contributed by atoms with Crippen LogP contribution in [0.5, 0.6) is 0 Å². The Kier molecular flexibility index (Phi) is 4.08. The number of nitro benzene ring substituents is 1. The molecule has 0 unspecified atom stereocenters. The first-order chi connectivity index (χ1) is 9.22. The number of rotatable bonds is 4. The molecular formula is C16H15NO2. The Morgan fingerprint density at radius 1 is 1.05 bits per heavy atom. The normalized spacial score (nSPS) is 10.8. The van der Waals surface area contributed by atoms with Crippen molar-refractivity contribution in [2.45, 2.75) is 13.3 Å². The first-order valence-corrected chi connectivity index (χ1v) is 6.21. The minimum Gasteiger partial charge on any atom is -0.258 e. The van der Waals surface area contributed by atoms with E-state index in [2.05, 4.69) is 0 Å². The summed E-state index contributed by atoms with van der Waals surface area (Å²) in [6.45, 7) is 2.00. The van der Waals surface area contributed by atoms with Crippen molar-refractivity contribution in [2.24, 2.45) is 0 Å². The molecular weight excluding hydrogens is 238 g/mol. The number of aryl methyl sites for hydroxylation is 1. The van der Waals surface area contributed by atoms with E-state index in [0.29, 0.717) is 5.56 Å². The fourth-order valence-corrected chi connectivity index (χ4v) is 2.00. The Morgan fingerprint density at radius 2 is 1.79 bits per heavy atom. The largest absolute Gasteiger partial charge is 0.276 e. The molecule has 0 saturated heterocycles. The van der Waals surface area contributed by atoms with E-state index in [0.717, 1.165) is 17.5 Å². The molecule has 0 spiro atoms. The zero-order valence-corrected chi connectivity index (χ0v) is 10.7. The molecule has 0 aliphatic rings. The summed E-state index contributed by atoms with van der Waals surface area (Å²) in [5.41, 5.74) is 2.87. The van der Waals surface area contributed by atoms with Gasteiger partial charge < -0.3 is 0 Å². The summed E-state index contributed by atoms with van der Waals surface area (Å²) in [4.78, 5) is 10.7. The van der Waals surface area contributed by atoms with Crippen LogP contribution in [0.25, 0.3) is 12.2 Å². The van der Waals surface area contributed by atoms with Gasteiger partial charge in [0.15, 0.2) is 0 Å². The SMILES string of the molecule is CCc1cccc([N+](=O)[O-])c1C=Cc1ccccc1. The Balaban J connectivity index is 2.43. The molecule has 3 heteroatoms. The second-order valence-electron chi connectivity index (χ2n) is 4.20. The highest BCUT2D eigenvalue weighted by molar-refractivity contribution is 5.76. The summed E-state index contributed by atoms with van der Waals surface area (Å²) in [6.07, 6.45) is 4.50. The highest BCUT2D eigenvalue weighted by atomic mass is 16.6. The fourth-order valence-electron chi connectivity index (χ4n) is 2.00. The summed E-state index contributed by atoms with van der Waals surface area (Å²) in [7, 11) is 0. The predicted molar refractivity (Wildman–Crippen MR) is 77.8 cm³/mol. The van der Waals surface area contributed by atoms with Gasteiger partial charge in [-0.25, -0.2) is 0 Å². The first-order valence-electron chi connectivity index (χ1n) is 6.21. The third-order valence-electron chi connectivity index (χ3n) is 2.99. The number of hydrogen-bond donors (Lipinski definition) is 0. The molecule has 0 amide bonds. The zero-order chi connectivity index (χ0) is 13.7. The molecule has 0 aliphatic carbocycles. The quantitative estimate of drug-likeness (QED) is 0.462. The first kappa shape index (κ1) is 13.0. The van der Waals surface area contributed by atoms with E-state index >= 15 is 0 Å². The molecule has 0 atom stereocenters.